The third-order valence-corrected chi connectivity index (χ3v) is 6.15. The van der Waals surface area contributed by atoms with Crippen LogP contribution in [0.3, 0.4) is 0 Å². The van der Waals surface area contributed by atoms with Crippen molar-refractivity contribution in [2.45, 2.75) is 31.6 Å². The van der Waals surface area contributed by atoms with Crippen LogP contribution >= 0.6 is 0 Å². The Morgan fingerprint density at radius 3 is 2.21 bits per heavy atom. The molecule has 0 aliphatic carbocycles. The van der Waals surface area contributed by atoms with E-state index < -0.39 is 10.0 Å². The van der Waals surface area contributed by atoms with E-state index in [-0.39, 0.29) is 0 Å². The summed E-state index contributed by atoms with van der Waals surface area (Å²) in [6.07, 6.45) is 1.58. The maximum Gasteiger partial charge on any atom is 0.318 e. The highest BCUT2D eigenvalue weighted by atomic mass is 32.2. The van der Waals surface area contributed by atoms with Gasteiger partial charge in [0.05, 0.1) is 4.90 Å². The van der Waals surface area contributed by atoms with Gasteiger partial charge in [-0.25, -0.2) is 8.42 Å². The number of rotatable bonds is 5. The number of aryl methyl sites for hydroxylation is 2. The summed E-state index contributed by atoms with van der Waals surface area (Å²) in [6, 6.07) is 7.58. The lowest BCUT2D eigenvalue weighted by molar-refractivity contribution is 0.369. The van der Waals surface area contributed by atoms with Crippen LogP contribution in [0.2, 0.25) is 0 Å². The summed E-state index contributed by atoms with van der Waals surface area (Å²) in [5.41, 5.74) is 1.13. The fourth-order valence-corrected chi connectivity index (χ4v) is 4.10. The molecule has 0 N–H and O–H groups in total. The third kappa shape index (κ3) is 3.29. The molecule has 0 amide bonds. The van der Waals surface area contributed by atoms with Crippen molar-refractivity contribution in [1.82, 2.24) is 14.5 Å². The Bertz CT molecular complexity index is 778. The summed E-state index contributed by atoms with van der Waals surface area (Å²) in [4.78, 5) is 2.28. The zero-order chi connectivity index (χ0) is 17.2. The highest BCUT2D eigenvalue weighted by Crippen LogP contribution is 2.21. The number of benzene rings is 1. The van der Waals surface area contributed by atoms with Gasteiger partial charge in [0.2, 0.25) is 15.9 Å². The molecule has 1 aliphatic heterocycles. The molecular weight excluding hydrogens is 328 g/mol. The Hall–Kier alpha value is -1.93. The number of hydrogen-bond donors (Lipinski definition) is 0. The summed E-state index contributed by atoms with van der Waals surface area (Å²) < 4.78 is 32.5. The first-order chi connectivity index (χ1) is 11.5. The molecule has 0 radical (unpaired) electrons. The summed E-state index contributed by atoms with van der Waals surface area (Å²) in [5, 5.41) is 7.97. The molecule has 24 heavy (non-hydrogen) atoms. The molecule has 0 bridgehead atoms. The molecule has 0 atom stereocenters. The van der Waals surface area contributed by atoms with Gasteiger partial charge in [0.25, 0.3) is 0 Å². The molecule has 2 aromatic rings. The predicted octanol–water partition coefficient (Wildman–Crippen LogP) is 1.71. The van der Waals surface area contributed by atoms with Crippen LogP contribution in [0.4, 0.5) is 6.01 Å². The van der Waals surface area contributed by atoms with Gasteiger partial charge in [0.1, 0.15) is 0 Å². The van der Waals surface area contributed by atoms with Crippen molar-refractivity contribution in [3.63, 3.8) is 0 Å². The van der Waals surface area contributed by atoms with Gasteiger partial charge >= 0.3 is 6.01 Å². The lowest BCUT2D eigenvalue weighted by atomic mass is 10.2. The van der Waals surface area contributed by atoms with Crippen molar-refractivity contribution < 1.29 is 12.8 Å². The molecule has 2 heterocycles. The molecular formula is C16H22N4O3S. The maximum atomic E-state index is 12.7. The predicted molar refractivity (Wildman–Crippen MR) is 90.5 cm³/mol. The number of sulfonamides is 1. The van der Waals surface area contributed by atoms with E-state index in [1.807, 2.05) is 30.9 Å². The molecule has 8 heteroatoms. The zero-order valence-electron chi connectivity index (χ0n) is 14.0. The van der Waals surface area contributed by atoms with Gasteiger partial charge in [-0.2, -0.15) is 4.31 Å². The minimum absolute atomic E-state index is 0.346. The molecule has 0 unspecified atom stereocenters. The van der Waals surface area contributed by atoms with E-state index in [1.54, 1.807) is 12.1 Å². The van der Waals surface area contributed by atoms with E-state index in [4.69, 9.17) is 4.42 Å². The number of anilines is 1. The molecule has 0 spiro atoms. The van der Waals surface area contributed by atoms with Gasteiger partial charge in [0.15, 0.2) is 0 Å². The largest absolute Gasteiger partial charge is 0.408 e. The fourth-order valence-electron chi connectivity index (χ4n) is 2.68. The minimum Gasteiger partial charge on any atom is -0.408 e. The highest BCUT2D eigenvalue weighted by Gasteiger charge is 2.30. The van der Waals surface area contributed by atoms with E-state index in [1.165, 1.54) is 4.31 Å². The summed E-state index contributed by atoms with van der Waals surface area (Å²) >= 11 is 0. The van der Waals surface area contributed by atoms with E-state index >= 15 is 0 Å². The van der Waals surface area contributed by atoms with E-state index in [0.717, 1.165) is 12.0 Å². The molecule has 0 saturated carbocycles. The van der Waals surface area contributed by atoms with E-state index in [0.29, 0.717) is 49.4 Å². The van der Waals surface area contributed by atoms with Gasteiger partial charge in [-0.05, 0) is 24.1 Å². The van der Waals surface area contributed by atoms with Crippen molar-refractivity contribution in [2.24, 2.45) is 0 Å². The van der Waals surface area contributed by atoms with Gasteiger partial charge < -0.3 is 9.32 Å². The van der Waals surface area contributed by atoms with Gasteiger partial charge in [-0.3, -0.25) is 0 Å². The van der Waals surface area contributed by atoms with Crippen LogP contribution < -0.4 is 4.90 Å². The number of piperazine rings is 1. The molecule has 1 aliphatic rings. The Labute approximate surface area is 142 Å². The first-order valence-corrected chi connectivity index (χ1v) is 9.65. The average molecular weight is 350 g/mol. The molecule has 1 saturated heterocycles. The SMILES string of the molecule is CCc1ccc(S(=O)(=O)N2CCN(c3nnc(CC)o3)CC2)cc1. The lowest BCUT2D eigenvalue weighted by Gasteiger charge is -2.32. The third-order valence-electron chi connectivity index (χ3n) is 4.24. The number of hydrogen-bond acceptors (Lipinski definition) is 6. The quantitative estimate of drug-likeness (QED) is 0.817. The van der Waals surface area contributed by atoms with Crippen molar-refractivity contribution in [2.75, 3.05) is 31.1 Å². The van der Waals surface area contributed by atoms with Crippen LogP contribution in [0.15, 0.2) is 33.6 Å². The Balaban J connectivity index is 1.68. The average Bonchev–Trinajstić information content (AvgIpc) is 3.11. The summed E-state index contributed by atoms with van der Waals surface area (Å²) in [7, 11) is -3.45. The van der Waals surface area contributed by atoms with Crippen LogP contribution in [-0.4, -0.2) is 49.1 Å². The van der Waals surface area contributed by atoms with E-state index in [9.17, 15) is 8.42 Å². The van der Waals surface area contributed by atoms with Crippen LogP contribution in [0, 0.1) is 0 Å². The van der Waals surface area contributed by atoms with Gasteiger partial charge in [-0.15, -0.1) is 5.10 Å². The number of aromatic nitrogens is 2. The number of nitrogens with zero attached hydrogens (tertiary/aromatic N) is 4. The molecule has 3 rings (SSSR count). The van der Waals surface area contributed by atoms with Crippen molar-refractivity contribution in [3.8, 4) is 0 Å². The smallest absolute Gasteiger partial charge is 0.318 e. The topological polar surface area (TPSA) is 79.5 Å². The second kappa shape index (κ2) is 6.90. The standard InChI is InChI=1S/C16H22N4O3S/c1-3-13-5-7-14(8-6-13)24(21,22)20-11-9-19(10-12-20)16-18-17-15(4-2)23-16/h5-8H,3-4,9-12H2,1-2H3. The Kier molecular flexibility index (Phi) is 4.86. The molecule has 7 nitrogen and oxygen atoms in total. The van der Waals surface area contributed by atoms with Crippen LogP contribution in [0.25, 0.3) is 0 Å². The van der Waals surface area contributed by atoms with Crippen LogP contribution in [0.1, 0.15) is 25.3 Å². The van der Waals surface area contributed by atoms with Gasteiger partial charge in [-0.1, -0.05) is 31.1 Å². The monoisotopic (exact) mass is 350 g/mol. The van der Waals surface area contributed by atoms with Crippen LogP contribution in [-0.2, 0) is 22.9 Å². The zero-order valence-corrected chi connectivity index (χ0v) is 14.8. The van der Waals surface area contributed by atoms with E-state index in [2.05, 4.69) is 10.2 Å². The molecule has 1 fully saturated rings. The van der Waals surface area contributed by atoms with Crippen molar-refractivity contribution in [3.05, 3.63) is 35.7 Å². The summed E-state index contributed by atoms with van der Waals surface area (Å²) in [6.45, 7) is 5.88. The first kappa shape index (κ1) is 16.9. The summed E-state index contributed by atoms with van der Waals surface area (Å²) in [5.74, 6) is 0.594. The molecule has 1 aromatic heterocycles. The fraction of sp³-hybridized carbons (Fsp3) is 0.500. The first-order valence-electron chi connectivity index (χ1n) is 8.21. The van der Waals surface area contributed by atoms with Crippen LogP contribution in [0.5, 0.6) is 0 Å². The van der Waals surface area contributed by atoms with Crippen molar-refractivity contribution >= 4 is 16.0 Å². The second-order valence-electron chi connectivity index (χ2n) is 5.72. The molecule has 130 valence electrons. The Morgan fingerprint density at radius 1 is 1.00 bits per heavy atom. The molecule has 1 aromatic carbocycles. The van der Waals surface area contributed by atoms with Gasteiger partial charge in [0, 0.05) is 32.6 Å². The highest BCUT2D eigenvalue weighted by molar-refractivity contribution is 7.89. The minimum atomic E-state index is -3.45. The second-order valence-corrected chi connectivity index (χ2v) is 7.66. The Morgan fingerprint density at radius 2 is 1.67 bits per heavy atom. The normalized spacial score (nSPS) is 16.5. The lowest BCUT2D eigenvalue weighted by Crippen LogP contribution is -2.48. The van der Waals surface area contributed by atoms with Crippen molar-refractivity contribution in [1.29, 1.82) is 0 Å². The maximum absolute atomic E-state index is 12.7.